The highest BCUT2D eigenvalue weighted by atomic mass is 35.5. The van der Waals surface area contributed by atoms with Crippen molar-refractivity contribution in [2.75, 3.05) is 22.9 Å². The van der Waals surface area contributed by atoms with Crippen LogP contribution < -0.4 is 21.7 Å². The van der Waals surface area contributed by atoms with Gasteiger partial charge in [0, 0.05) is 17.4 Å². The molecule has 39 heavy (non-hydrogen) atoms. The first kappa shape index (κ1) is 27.5. The molecule has 4 rings (SSSR count). The molecule has 0 radical (unpaired) electrons. The van der Waals surface area contributed by atoms with Gasteiger partial charge in [0.1, 0.15) is 18.4 Å². The number of amides is 3. The Bertz CT molecular complexity index is 1550. The van der Waals surface area contributed by atoms with Gasteiger partial charge in [-0.1, -0.05) is 23.7 Å². The number of rotatable bonds is 5. The van der Waals surface area contributed by atoms with Gasteiger partial charge in [-0.15, -0.1) is 0 Å². The predicted octanol–water partition coefficient (Wildman–Crippen LogP) is 5.59. The number of halogens is 7. The van der Waals surface area contributed by atoms with Crippen LogP contribution in [0.3, 0.4) is 0 Å². The van der Waals surface area contributed by atoms with E-state index in [4.69, 9.17) is 17.3 Å². The number of nitrogen functional groups attached to an aromatic ring is 1. The number of anilines is 3. The molecule has 5 N–H and O–H groups in total. The molecular formula is C23H16ClF6N7O2. The van der Waals surface area contributed by atoms with E-state index in [1.165, 1.54) is 35.0 Å². The van der Waals surface area contributed by atoms with Crippen LogP contribution in [0.25, 0.3) is 16.6 Å². The van der Waals surface area contributed by atoms with Gasteiger partial charge in [-0.2, -0.15) is 31.4 Å². The second-order valence-electron chi connectivity index (χ2n) is 8.00. The first-order valence-corrected chi connectivity index (χ1v) is 11.1. The number of aromatic nitrogens is 3. The molecular weight excluding hydrogens is 556 g/mol. The Labute approximate surface area is 220 Å². The molecule has 0 saturated heterocycles. The molecule has 0 fully saturated rings. The molecule has 0 saturated carbocycles. The van der Waals surface area contributed by atoms with Crippen LogP contribution in [0.5, 0.6) is 0 Å². The normalized spacial score (nSPS) is 11.9. The van der Waals surface area contributed by atoms with Crippen LogP contribution in [0.1, 0.15) is 15.9 Å². The molecule has 9 nitrogen and oxygen atoms in total. The molecule has 2 aromatic carbocycles. The van der Waals surface area contributed by atoms with Crippen LogP contribution in [0.2, 0.25) is 5.02 Å². The third-order valence-electron chi connectivity index (χ3n) is 5.27. The summed E-state index contributed by atoms with van der Waals surface area (Å²) in [7, 11) is 0. The van der Waals surface area contributed by atoms with E-state index in [-0.39, 0.29) is 38.9 Å². The maximum Gasteiger partial charge on any atom is 0.416 e. The molecule has 0 unspecified atom stereocenters. The molecule has 3 amide bonds. The number of benzene rings is 2. The van der Waals surface area contributed by atoms with Gasteiger partial charge in [0.25, 0.3) is 5.91 Å². The van der Waals surface area contributed by atoms with E-state index < -0.39 is 36.4 Å². The van der Waals surface area contributed by atoms with Crippen LogP contribution in [0.15, 0.2) is 55.0 Å². The minimum atomic E-state index is -4.65. The second kappa shape index (κ2) is 10.3. The Hall–Kier alpha value is -4.53. The van der Waals surface area contributed by atoms with Crippen molar-refractivity contribution in [3.05, 3.63) is 71.1 Å². The highest BCUT2D eigenvalue weighted by molar-refractivity contribution is 6.33. The minimum Gasteiger partial charge on any atom is -0.382 e. The van der Waals surface area contributed by atoms with Gasteiger partial charge >= 0.3 is 18.4 Å². The van der Waals surface area contributed by atoms with E-state index in [1.807, 2.05) is 0 Å². The lowest BCUT2D eigenvalue weighted by Gasteiger charge is -2.13. The van der Waals surface area contributed by atoms with E-state index in [0.717, 1.165) is 18.5 Å². The van der Waals surface area contributed by atoms with Crippen molar-refractivity contribution in [3.63, 3.8) is 0 Å². The number of carbonyl (C=O) groups excluding carboxylic acids is 2. The van der Waals surface area contributed by atoms with Gasteiger partial charge in [0.05, 0.1) is 21.8 Å². The number of nitrogens with one attached hydrogen (secondary N) is 3. The fraction of sp³-hybridized carbons (Fsp3) is 0.130. The Kier molecular flexibility index (Phi) is 7.28. The van der Waals surface area contributed by atoms with Crippen molar-refractivity contribution in [2.45, 2.75) is 12.4 Å². The molecule has 0 aliphatic heterocycles. The average molecular weight is 572 g/mol. The number of hydrogen-bond donors (Lipinski definition) is 4. The van der Waals surface area contributed by atoms with Gasteiger partial charge in [-0.3, -0.25) is 4.79 Å². The Balaban J connectivity index is 1.59. The van der Waals surface area contributed by atoms with Crippen molar-refractivity contribution in [2.24, 2.45) is 0 Å². The van der Waals surface area contributed by atoms with E-state index >= 15 is 0 Å². The molecule has 0 aliphatic rings. The average Bonchev–Trinajstić information content (AvgIpc) is 3.24. The molecule has 0 spiro atoms. The fourth-order valence-corrected chi connectivity index (χ4v) is 3.74. The van der Waals surface area contributed by atoms with E-state index in [9.17, 15) is 35.9 Å². The van der Waals surface area contributed by atoms with Crippen LogP contribution in [-0.2, 0) is 6.18 Å². The van der Waals surface area contributed by atoms with Gasteiger partial charge in [-0.25, -0.2) is 14.3 Å². The topological polar surface area (TPSA) is 126 Å². The number of alkyl halides is 6. The lowest BCUT2D eigenvalue weighted by Crippen LogP contribution is -2.33. The van der Waals surface area contributed by atoms with Crippen molar-refractivity contribution in [1.82, 2.24) is 19.9 Å². The quantitative estimate of drug-likeness (QED) is 0.232. The number of nitrogens with zero attached hydrogens (tertiary/aromatic N) is 3. The molecule has 16 heteroatoms. The number of urea groups is 1. The fourth-order valence-electron chi connectivity index (χ4n) is 3.58. The first-order valence-electron chi connectivity index (χ1n) is 10.7. The maximum atomic E-state index is 13.0. The molecule has 4 aromatic rings. The van der Waals surface area contributed by atoms with E-state index in [2.05, 4.69) is 20.7 Å². The number of carbonyl (C=O) groups is 2. The summed E-state index contributed by atoms with van der Waals surface area (Å²) in [5.74, 6) is -1.08. The first-order chi connectivity index (χ1) is 18.2. The van der Waals surface area contributed by atoms with Gasteiger partial charge in [-0.05, 0) is 35.9 Å². The second-order valence-corrected chi connectivity index (χ2v) is 8.41. The number of nitrogens with two attached hydrogens (primary N) is 1. The highest BCUT2D eigenvalue weighted by Gasteiger charge is 2.31. The van der Waals surface area contributed by atoms with Gasteiger partial charge < -0.3 is 21.7 Å². The van der Waals surface area contributed by atoms with Crippen LogP contribution in [0.4, 0.5) is 48.3 Å². The van der Waals surface area contributed by atoms with Gasteiger partial charge in [0.2, 0.25) is 0 Å². The summed E-state index contributed by atoms with van der Waals surface area (Å²) in [6.07, 6.45) is -6.98. The molecule has 0 atom stereocenters. The maximum absolute atomic E-state index is 13.0. The van der Waals surface area contributed by atoms with Crippen molar-refractivity contribution in [3.8, 4) is 11.1 Å². The minimum absolute atomic E-state index is 0.0468. The van der Waals surface area contributed by atoms with Gasteiger partial charge in [0.15, 0.2) is 5.82 Å². The van der Waals surface area contributed by atoms with Crippen LogP contribution >= 0.6 is 11.6 Å². The van der Waals surface area contributed by atoms with E-state index in [0.29, 0.717) is 11.6 Å². The Morgan fingerprint density at radius 1 is 1.00 bits per heavy atom. The summed E-state index contributed by atoms with van der Waals surface area (Å²) < 4.78 is 78.0. The number of hydrogen-bond acceptors (Lipinski definition) is 5. The van der Waals surface area contributed by atoms with Crippen LogP contribution in [0, 0.1) is 0 Å². The Morgan fingerprint density at radius 3 is 2.33 bits per heavy atom. The molecule has 0 aliphatic carbocycles. The lowest BCUT2D eigenvalue weighted by atomic mass is 10.0. The Morgan fingerprint density at radius 2 is 1.69 bits per heavy atom. The molecule has 2 aromatic heterocycles. The standard InChI is InChI=1S/C23H16ClF6N7O2/c24-15-6-3-12(23(28,29)30)7-16(15)36-21(39)35-13-4-1-11(2-5-13)17-14(20(38)32-9-22(25,26)27)8-37-18(17)19(31)33-10-34-37/h1-8,10H,9H2,(H,32,38)(H2,31,33,34)(H2,35,36,39). The summed E-state index contributed by atoms with van der Waals surface area (Å²) in [5, 5.41) is 10.3. The van der Waals surface area contributed by atoms with Crippen molar-refractivity contribution < 1.29 is 35.9 Å². The molecule has 0 bridgehead atoms. The zero-order valence-electron chi connectivity index (χ0n) is 19.3. The van der Waals surface area contributed by atoms with E-state index in [1.54, 1.807) is 5.32 Å². The van der Waals surface area contributed by atoms with Crippen molar-refractivity contribution in [1.29, 1.82) is 0 Å². The summed E-state index contributed by atoms with van der Waals surface area (Å²) in [6, 6.07) is 7.21. The SMILES string of the molecule is Nc1ncnn2cc(C(=O)NCC(F)(F)F)c(-c3ccc(NC(=O)Nc4cc(C(F)(F)F)ccc4Cl)cc3)c12. The largest absolute Gasteiger partial charge is 0.416 e. The summed E-state index contributed by atoms with van der Waals surface area (Å²) >= 11 is 5.89. The highest BCUT2D eigenvalue weighted by Crippen LogP contribution is 2.35. The summed E-state index contributed by atoms with van der Waals surface area (Å²) in [4.78, 5) is 28.9. The predicted molar refractivity (Wildman–Crippen MR) is 130 cm³/mol. The summed E-state index contributed by atoms with van der Waals surface area (Å²) in [5.41, 5.74) is 5.31. The third kappa shape index (κ3) is 6.31. The van der Waals surface area contributed by atoms with Crippen molar-refractivity contribution >= 4 is 46.2 Å². The zero-order chi connectivity index (χ0) is 28.5. The smallest absolute Gasteiger partial charge is 0.382 e. The monoisotopic (exact) mass is 571 g/mol. The molecule has 204 valence electrons. The summed E-state index contributed by atoms with van der Waals surface area (Å²) in [6.45, 7) is -1.56. The zero-order valence-corrected chi connectivity index (χ0v) is 20.0. The third-order valence-corrected chi connectivity index (χ3v) is 5.60. The lowest BCUT2D eigenvalue weighted by molar-refractivity contribution is -0.137. The molecule has 2 heterocycles. The van der Waals surface area contributed by atoms with Crippen LogP contribution in [-0.4, -0.2) is 39.3 Å². The number of fused-ring (bicyclic) bond motifs is 1.